The van der Waals surface area contributed by atoms with E-state index in [0.717, 1.165) is 11.2 Å². The molecule has 0 aliphatic carbocycles. The standard InChI is InChI=1S/C18H22OS/c1-4-20(5-2,6-3)17-13-9-11-15-14-10-7-8-12-16(14)19-18(15)17/h7-13H,4-6H2,1-3H3. The molecule has 0 saturated heterocycles. The fourth-order valence-electron chi connectivity index (χ4n) is 3.14. The number of hydrogen-bond acceptors (Lipinski definition) is 1. The van der Waals surface area contributed by atoms with Crippen molar-refractivity contribution < 1.29 is 4.42 Å². The summed E-state index contributed by atoms with van der Waals surface area (Å²) in [5.41, 5.74) is 2.13. The summed E-state index contributed by atoms with van der Waals surface area (Å²) in [4.78, 5) is 1.46. The minimum atomic E-state index is -0.757. The van der Waals surface area contributed by atoms with E-state index in [0.29, 0.717) is 0 Å². The van der Waals surface area contributed by atoms with Crippen molar-refractivity contribution in [3.05, 3.63) is 42.5 Å². The number of fused-ring (bicyclic) bond motifs is 3. The van der Waals surface area contributed by atoms with Crippen LogP contribution >= 0.6 is 10.0 Å². The van der Waals surface area contributed by atoms with Crippen LogP contribution < -0.4 is 0 Å². The Morgan fingerprint density at radius 1 is 0.800 bits per heavy atom. The molecule has 1 aromatic heterocycles. The van der Waals surface area contributed by atoms with Gasteiger partial charge in [-0.25, -0.2) is 10.0 Å². The van der Waals surface area contributed by atoms with Crippen molar-refractivity contribution in [1.82, 2.24) is 0 Å². The molecule has 20 heavy (non-hydrogen) atoms. The summed E-state index contributed by atoms with van der Waals surface area (Å²) in [6, 6.07) is 15.0. The van der Waals surface area contributed by atoms with E-state index >= 15 is 0 Å². The molecule has 2 aromatic carbocycles. The normalized spacial score (nSPS) is 13.2. The zero-order chi connectivity index (χ0) is 14.2. The molecule has 2 heteroatoms. The number of furan rings is 1. The Balaban J connectivity index is 2.37. The number of benzene rings is 2. The summed E-state index contributed by atoms with van der Waals surface area (Å²) in [7, 11) is -0.757. The monoisotopic (exact) mass is 286 g/mol. The third-order valence-corrected chi connectivity index (χ3v) is 9.06. The predicted octanol–water partition coefficient (Wildman–Crippen LogP) is 5.81. The van der Waals surface area contributed by atoms with Crippen molar-refractivity contribution in [2.24, 2.45) is 0 Å². The van der Waals surface area contributed by atoms with Gasteiger partial charge in [-0.15, -0.1) is 0 Å². The SMILES string of the molecule is CCS(CC)(CC)c1cccc2c1oc1ccccc12. The van der Waals surface area contributed by atoms with Gasteiger partial charge in [-0.3, -0.25) is 0 Å². The molecule has 0 bridgehead atoms. The highest BCUT2D eigenvalue weighted by atomic mass is 32.3. The molecular weight excluding hydrogens is 264 g/mol. The van der Waals surface area contributed by atoms with E-state index in [-0.39, 0.29) is 0 Å². The third kappa shape index (κ3) is 1.86. The lowest BCUT2D eigenvalue weighted by Crippen LogP contribution is -2.09. The van der Waals surface area contributed by atoms with Gasteiger partial charge in [-0.1, -0.05) is 51.1 Å². The Labute approximate surface area is 122 Å². The maximum atomic E-state index is 6.22. The van der Waals surface area contributed by atoms with Crippen LogP contribution in [-0.2, 0) is 0 Å². The fraction of sp³-hybridized carbons (Fsp3) is 0.333. The molecule has 3 aromatic rings. The van der Waals surface area contributed by atoms with Gasteiger partial charge in [0.15, 0.2) is 0 Å². The van der Waals surface area contributed by atoms with Gasteiger partial charge in [0.1, 0.15) is 11.2 Å². The second-order valence-electron chi connectivity index (χ2n) is 5.14. The summed E-state index contributed by atoms with van der Waals surface area (Å²) in [5, 5.41) is 2.51. The quantitative estimate of drug-likeness (QED) is 0.590. The van der Waals surface area contributed by atoms with Gasteiger partial charge in [0.25, 0.3) is 0 Å². The van der Waals surface area contributed by atoms with E-state index in [1.807, 2.05) is 6.07 Å². The first-order valence-corrected chi connectivity index (χ1v) is 9.56. The van der Waals surface area contributed by atoms with Gasteiger partial charge >= 0.3 is 0 Å². The maximum absolute atomic E-state index is 6.22. The van der Waals surface area contributed by atoms with Crippen LogP contribution in [0.5, 0.6) is 0 Å². The van der Waals surface area contributed by atoms with E-state index in [4.69, 9.17) is 4.42 Å². The summed E-state index contributed by atoms with van der Waals surface area (Å²) in [6.45, 7) is 6.97. The van der Waals surface area contributed by atoms with Crippen LogP contribution in [0.25, 0.3) is 21.9 Å². The lowest BCUT2D eigenvalue weighted by atomic mass is 10.1. The van der Waals surface area contributed by atoms with Gasteiger partial charge in [-0.05, 0) is 29.4 Å². The van der Waals surface area contributed by atoms with Crippen molar-refractivity contribution in [3.63, 3.8) is 0 Å². The summed E-state index contributed by atoms with van der Waals surface area (Å²) in [5.74, 6) is 3.70. The number of rotatable bonds is 4. The second-order valence-corrected chi connectivity index (χ2v) is 9.41. The minimum Gasteiger partial charge on any atom is -0.455 e. The Bertz CT molecular complexity index is 729. The lowest BCUT2D eigenvalue weighted by molar-refractivity contribution is 0.660. The second kappa shape index (κ2) is 5.17. The molecule has 0 amide bonds. The van der Waals surface area contributed by atoms with E-state index in [9.17, 15) is 0 Å². The zero-order valence-electron chi connectivity index (χ0n) is 12.5. The van der Waals surface area contributed by atoms with Crippen LogP contribution in [0.1, 0.15) is 20.8 Å². The predicted molar refractivity (Wildman–Crippen MR) is 91.2 cm³/mol. The molecule has 0 aliphatic heterocycles. The van der Waals surface area contributed by atoms with E-state index in [2.05, 4.69) is 57.2 Å². The minimum absolute atomic E-state index is 0.757. The summed E-state index contributed by atoms with van der Waals surface area (Å²) < 4.78 is 6.22. The van der Waals surface area contributed by atoms with Crippen molar-refractivity contribution >= 4 is 32.0 Å². The van der Waals surface area contributed by atoms with Crippen molar-refractivity contribution in [3.8, 4) is 0 Å². The molecule has 0 aliphatic rings. The molecule has 0 saturated carbocycles. The number of para-hydroxylation sites is 2. The molecule has 0 spiro atoms. The van der Waals surface area contributed by atoms with Crippen molar-refractivity contribution in [1.29, 1.82) is 0 Å². The van der Waals surface area contributed by atoms with Gasteiger partial charge < -0.3 is 4.42 Å². The highest BCUT2D eigenvalue weighted by molar-refractivity contribution is 8.33. The zero-order valence-corrected chi connectivity index (χ0v) is 13.3. The van der Waals surface area contributed by atoms with Crippen LogP contribution in [0, 0.1) is 0 Å². The smallest absolute Gasteiger partial charge is 0.147 e. The third-order valence-electron chi connectivity index (χ3n) is 4.49. The van der Waals surface area contributed by atoms with E-state index in [1.165, 1.54) is 32.9 Å². The van der Waals surface area contributed by atoms with Gasteiger partial charge in [0.05, 0.1) is 0 Å². The fourth-order valence-corrected chi connectivity index (χ4v) is 6.21. The topological polar surface area (TPSA) is 13.1 Å². The molecule has 106 valence electrons. The Morgan fingerprint density at radius 3 is 2.15 bits per heavy atom. The van der Waals surface area contributed by atoms with Crippen LogP contribution in [0.2, 0.25) is 0 Å². The highest BCUT2D eigenvalue weighted by Gasteiger charge is 2.24. The molecule has 0 N–H and O–H groups in total. The first-order chi connectivity index (χ1) is 9.75. The van der Waals surface area contributed by atoms with Crippen LogP contribution in [0.3, 0.4) is 0 Å². The molecule has 1 nitrogen and oxygen atoms in total. The summed E-state index contributed by atoms with van der Waals surface area (Å²) in [6.07, 6.45) is 0. The van der Waals surface area contributed by atoms with Crippen molar-refractivity contribution in [2.75, 3.05) is 17.3 Å². The lowest BCUT2D eigenvalue weighted by Gasteiger charge is -2.37. The van der Waals surface area contributed by atoms with Crippen LogP contribution in [-0.4, -0.2) is 17.3 Å². The van der Waals surface area contributed by atoms with Gasteiger partial charge in [-0.2, -0.15) is 0 Å². The average Bonchev–Trinajstić information content (AvgIpc) is 2.89. The molecule has 0 fully saturated rings. The Hall–Kier alpha value is -1.41. The summed E-state index contributed by atoms with van der Waals surface area (Å²) >= 11 is 0. The first kappa shape index (κ1) is 13.6. The average molecular weight is 286 g/mol. The molecular formula is C18H22OS. The maximum Gasteiger partial charge on any atom is 0.147 e. The highest BCUT2D eigenvalue weighted by Crippen LogP contribution is 2.57. The molecule has 0 unspecified atom stereocenters. The molecule has 0 atom stereocenters. The van der Waals surface area contributed by atoms with Crippen LogP contribution in [0.15, 0.2) is 51.8 Å². The first-order valence-electron chi connectivity index (χ1n) is 7.42. The largest absolute Gasteiger partial charge is 0.455 e. The van der Waals surface area contributed by atoms with E-state index < -0.39 is 10.0 Å². The molecule has 0 radical (unpaired) electrons. The van der Waals surface area contributed by atoms with Gasteiger partial charge in [0.2, 0.25) is 0 Å². The Morgan fingerprint density at radius 2 is 1.45 bits per heavy atom. The molecule has 1 heterocycles. The van der Waals surface area contributed by atoms with Crippen molar-refractivity contribution in [2.45, 2.75) is 25.7 Å². The van der Waals surface area contributed by atoms with Crippen LogP contribution in [0.4, 0.5) is 0 Å². The molecule has 3 rings (SSSR count). The van der Waals surface area contributed by atoms with Gasteiger partial charge in [0, 0.05) is 15.7 Å². The number of hydrogen-bond donors (Lipinski definition) is 0. The van der Waals surface area contributed by atoms with E-state index in [1.54, 1.807) is 0 Å². The Kier molecular flexibility index (Phi) is 3.51.